The van der Waals surface area contributed by atoms with Crippen molar-refractivity contribution in [2.75, 3.05) is 37.2 Å². The second kappa shape index (κ2) is 13.3. The summed E-state index contributed by atoms with van der Waals surface area (Å²) in [6, 6.07) is 13.1. The van der Waals surface area contributed by atoms with Crippen LogP contribution in [0.5, 0.6) is 11.5 Å². The first kappa shape index (κ1) is 28.9. The number of anilines is 4. The molecule has 2 N–H and O–H groups in total. The van der Waals surface area contributed by atoms with E-state index in [4.69, 9.17) is 14.2 Å². The first-order chi connectivity index (χ1) is 19.3. The average molecular weight is 579 g/mol. The predicted molar refractivity (Wildman–Crippen MR) is 141 cm³/mol. The molecule has 210 valence electrons. The van der Waals surface area contributed by atoms with Crippen LogP contribution in [0.3, 0.4) is 0 Å². The summed E-state index contributed by atoms with van der Waals surface area (Å²) in [7, 11) is 1.58. The minimum Gasteiger partial charge on any atom is -0.491 e. The van der Waals surface area contributed by atoms with Crippen LogP contribution in [-0.2, 0) is 11.3 Å². The van der Waals surface area contributed by atoms with Crippen LogP contribution in [0, 0.1) is 29.1 Å². The highest BCUT2D eigenvalue weighted by Gasteiger charge is 2.25. The topological polar surface area (TPSA) is 77.5 Å². The van der Waals surface area contributed by atoms with Crippen molar-refractivity contribution >= 4 is 34.9 Å². The predicted octanol–water partition coefficient (Wildman–Crippen LogP) is 6.99. The summed E-state index contributed by atoms with van der Waals surface area (Å²) in [6.07, 6.45) is 2.39. The molecule has 0 spiro atoms. The van der Waals surface area contributed by atoms with Gasteiger partial charge in [0, 0.05) is 30.1 Å². The Morgan fingerprint density at radius 1 is 0.800 bits per heavy atom. The molecule has 0 aliphatic carbocycles. The monoisotopic (exact) mass is 578 g/mol. The van der Waals surface area contributed by atoms with Gasteiger partial charge in [0.15, 0.2) is 34.9 Å². The van der Waals surface area contributed by atoms with Crippen LogP contribution in [0.25, 0.3) is 0 Å². The summed E-state index contributed by atoms with van der Waals surface area (Å²) in [5.41, 5.74) is 0.521. The minimum atomic E-state index is -1.92. The lowest BCUT2D eigenvalue weighted by atomic mass is 10.2. The molecular formula is C27H23F5N4O3S. The highest BCUT2D eigenvalue weighted by Crippen LogP contribution is 2.32. The molecule has 0 saturated carbocycles. The average Bonchev–Trinajstić information content (AvgIpc) is 2.96. The SMILES string of the molecule is COCCOc1ccc(Nc2ncc(F)c(Nc3cccc(OCc4c(F)c(F)c(F)c(F)c4SC)c3)n2)cc1. The molecule has 4 aromatic rings. The van der Waals surface area contributed by atoms with Crippen molar-refractivity contribution in [3.63, 3.8) is 0 Å². The molecule has 0 bridgehead atoms. The summed E-state index contributed by atoms with van der Waals surface area (Å²) in [6.45, 7) is 0.288. The molecule has 0 atom stereocenters. The Morgan fingerprint density at radius 2 is 1.55 bits per heavy atom. The Morgan fingerprint density at radius 3 is 2.27 bits per heavy atom. The molecule has 7 nitrogen and oxygen atoms in total. The Bertz CT molecular complexity index is 1480. The number of halogens is 5. The molecule has 0 aliphatic rings. The van der Waals surface area contributed by atoms with Gasteiger partial charge in [-0.15, -0.1) is 11.8 Å². The third-order valence-corrected chi connectivity index (χ3v) is 6.25. The van der Waals surface area contributed by atoms with Crippen LogP contribution in [0.4, 0.5) is 45.1 Å². The summed E-state index contributed by atoms with van der Waals surface area (Å²) < 4.78 is 86.2. The van der Waals surface area contributed by atoms with Crippen LogP contribution in [0.1, 0.15) is 5.56 Å². The van der Waals surface area contributed by atoms with Gasteiger partial charge < -0.3 is 24.8 Å². The fourth-order valence-corrected chi connectivity index (χ4v) is 4.14. The van der Waals surface area contributed by atoms with Gasteiger partial charge in [-0.25, -0.2) is 26.9 Å². The molecule has 0 fully saturated rings. The fourth-order valence-electron chi connectivity index (χ4n) is 3.48. The van der Waals surface area contributed by atoms with E-state index in [9.17, 15) is 22.0 Å². The van der Waals surface area contributed by atoms with Gasteiger partial charge in [0.2, 0.25) is 5.95 Å². The number of hydrogen-bond donors (Lipinski definition) is 2. The van der Waals surface area contributed by atoms with Crippen LogP contribution < -0.4 is 20.1 Å². The highest BCUT2D eigenvalue weighted by atomic mass is 32.2. The Labute approximate surface area is 230 Å². The van der Waals surface area contributed by atoms with E-state index in [0.29, 0.717) is 30.3 Å². The minimum absolute atomic E-state index is 0.116. The molecule has 0 radical (unpaired) electrons. The largest absolute Gasteiger partial charge is 0.491 e. The Hall–Kier alpha value is -4.10. The molecule has 0 unspecified atom stereocenters. The first-order valence-corrected chi connectivity index (χ1v) is 12.9. The number of ether oxygens (including phenoxy) is 3. The molecule has 0 amide bonds. The fraction of sp³-hybridized carbons (Fsp3) is 0.185. The van der Waals surface area contributed by atoms with Crippen molar-refractivity contribution in [1.82, 2.24) is 9.97 Å². The molecule has 1 aromatic heterocycles. The van der Waals surface area contributed by atoms with Crippen molar-refractivity contribution in [3.05, 3.63) is 89.4 Å². The normalized spacial score (nSPS) is 10.9. The number of rotatable bonds is 12. The molecule has 40 heavy (non-hydrogen) atoms. The maximum absolute atomic E-state index is 14.5. The molecule has 1 heterocycles. The van der Waals surface area contributed by atoms with E-state index in [2.05, 4.69) is 20.6 Å². The third-order valence-electron chi connectivity index (χ3n) is 5.41. The van der Waals surface area contributed by atoms with E-state index in [1.807, 2.05) is 0 Å². The van der Waals surface area contributed by atoms with Gasteiger partial charge in [0.05, 0.1) is 17.7 Å². The number of methoxy groups -OCH3 is 1. The number of aromatic nitrogens is 2. The maximum atomic E-state index is 14.5. The summed E-state index contributed by atoms with van der Waals surface area (Å²) in [5.74, 6) is -6.78. The van der Waals surface area contributed by atoms with Gasteiger partial charge in [-0.2, -0.15) is 4.98 Å². The maximum Gasteiger partial charge on any atom is 0.229 e. The second-order valence-corrected chi connectivity index (χ2v) is 8.91. The van der Waals surface area contributed by atoms with Crippen molar-refractivity contribution in [3.8, 4) is 11.5 Å². The lowest BCUT2D eigenvalue weighted by molar-refractivity contribution is 0.146. The van der Waals surface area contributed by atoms with Crippen LogP contribution >= 0.6 is 11.8 Å². The van der Waals surface area contributed by atoms with Crippen LogP contribution in [-0.4, -0.2) is 36.5 Å². The number of benzene rings is 3. The molecule has 3 aromatic carbocycles. The van der Waals surface area contributed by atoms with Crippen molar-refractivity contribution in [1.29, 1.82) is 0 Å². The van der Waals surface area contributed by atoms with E-state index in [1.165, 1.54) is 18.4 Å². The number of thioether (sulfide) groups is 1. The van der Waals surface area contributed by atoms with Crippen LogP contribution in [0.15, 0.2) is 59.6 Å². The molecule has 4 rings (SSSR count). The quantitative estimate of drug-likeness (QED) is 0.0613. The van der Waals surface area contributed by atoms with Crippen molar-refractivity contribution in [2.45, 2.75) is 11.5 Å². The van der Waals surface area contributed by atoms with Crippen LogP contribution in [0.2, 0.25) is 0 Å². The Balaban J connectivity index is 1.45. The van der Waals surface area contributed by atoms with Gasteiger partial charge in [-0.1, -0.05) is 6.07 Å². The smallest absolute Gasteiger partial charge is 0.229 e. The third kappa shape index (κ3) is 6.90. The zero-order valence-electron chi connectivity index (χ0n) is 21.2. The molecule has 0 aliphatic heterocycles. The highest BCUT2D eigenvalue weighted by molar-refractivity contribution is 7.98. The van der Waals surface area contributed by atoms with E-state index in [1.54, 1.807) is 43.5 Å². The number of nitrogens with one attached hydrogen (secondary N) is 2. The van der Waals surface area contributed by atoms with Gasteiger partial charge in [0.25, 0.3) is 0 Å². The van der Waals surface area contributed by atoms with Gasteiger partial charge in [-0.05, 0) is 42.7 Å². The number of nitrogens with zero attached hydrogens (tertiary/aromatic N) is 2. The standard InChI is InChI=1S/C27H23F5N4O3S/c1-37-10-11-38-17-8-6-15(7-9-17)35-27-33-13-20(28)26(36-27)34-16-4-3-5-18(12-16)39-14-19-21(29)22(30)23(31)24(32)25(19)40-2/h3-9,12-13H,10-11,14H2,1-2H3,(H2,33,34,35,36). The molecule has 0 saturated heterocycles. The van der Waals surface area contributed by atoms with Crippen molar-refractivity contribution < 1.29 is 36.2 Å². The van der Waals surface area contributed by atoms with E-state index in [0.717, 1.165) is 18.0 Å². The first-order valence-electron chi connectivity index (χ1n) is 11.7. The van der Waals surface area contributed by atoms with E-state index in [-0.39, 0.29) is 17.5 Å². The van der Waals surface area contributed by atoms with Crippen molar-refractivity contribution in [2.24, 2.45) is 0 Å². The zero-order chi connectivity index (χ0) is 28.6. The second-order valence-electron chi connectivity index (χ2n) is 8.09. The van der Waals surface area contributed by atoms with E-state index >= 15 is 0 Å². The van der Waals surface area contributed by atoms with Gasteiger partial charge in [0.1, 0.15) is 24.7 Å². The summed E-state index contributed by atoms with van der Waals surface area (Å²) in [5, 5.41) is 5.78. The van der Waals surface area contributed by atoms with Gasteiger partial charge >= 0.3 is 0 Å². The summed E-state index contributed by atoms with van der Waals surface area (Å²) in [4.78, 5) is 7.71. The molecular weight excluding hydrogens is 555 g/mol. The Kier molecular flexibility index (Phi) is 9.61. The van der Waals surface area contributed by atoms with E-state index < -0.39 is 46.2 Å². The lowest BCUT2D eigenvalue weighted by Crippen LogP contribution is -2.08. The molecule has 13 heteroatoms. The zero-order valence-corrected chi connectivity index (χ0v) is 22.1. The van der Waals surface area contributed by atoms with Gasteiger partial charge in [-0.3, -0.25) is 0 Å². The lowest BCUT2D eigenvalue weighted by Gasteiger charge is -2.14. The summed E-state index contributed by atoms with van der Waals surface area (Å²) >= 11 is 0.720. The number of hydrogen-bond acceptors (Lipinski definition) is 8.